The molecule has 0 aliphatic heterocycles. The fourth-order valence-electron chi connectivity index (χ4n) is 5.81. The number of hydrogen-bond donors (Lipinski definition) is 0. The Labute approximate surface area is 243 Å². The molecule has 0 heterocycles. The lowest BCUT2D eigenvalue weighted by Gasteiger charge is -2.24. The van der Waals surface area contributed by atoms with Gasteiger partial charge in [-0.2, -0.15) is 0 Å². The highest BCUT2D eigenvalue weighted by atomic mass is 14.2. The predicted octanol–water partition coefficient (Wildman–Crippen LogP) is 13.5. The van der Waals surface area contributed by atoms with Gasteiger partial charge in [0, 0.05) is 0 Å². The lowest BCUT2D eigenvalue weighted by atomic mass is 9.82. The van der Waals surface area contributed by atoms with Crippen LogP contribution in [0.2, 0.25) is 0 Å². The highest BCUT2D eigenvalue weighted by Crippen LogP contribution is 2.30. The standard InChI is InChI=1S/C14H26.3C8H16/c1-11(2)7-9-13(5)14(6)10-8-12(3)4;3*1-7-5-3-4-6-8(7)2/h7-8,13-14H,9-10H2,1-6H3;3*7-8H,3-6H2,1-2H3/t13-,14?;7-,8?;;/m00../s1. The Morgan fingerprint density at radius 2 is 0.632 bits per heavy atom. The van der Waals surface area contributed by atoms with Gasteiger partial charge in [-0.15, -0.1) is 0 Å². The minimum Gasteiger partial charge on any atom is -0.0856 e. The fraction of sp³-hybridized carbons (Fsp3) is 0.895. The molecule has 0 bridgehead atoms. The molecule has 0 spiro atoms. The van der Waals surface area contributed by atoms with E-state index in [1.807, 2.05) is 0 Å². The molecular formula is C38H74. The molecule has 3 saturated carbocycles. The van der Waals surface area contributed by atoms with Crippen LogP contribution in [0, 0.1) is 47.3 Å². The van der Waals surface area contributed by atoms with Gasteiger partial charge in [0.25, 0.3) is 0 Å². The summed E-state index contributed by atoms with van der Waals surface area (Å²) in [5.74, 6) is 7.61. The lowest BCUT2D eigenvalue weighted by Crippen LogP contribution is -2.12. The van der Waals surface area contributed by atoms with E-state index in [1.165, 1.54) is 101 Å². The van der Waals surface area contributed by atoms with Gasteiger partial charge < -0.3 is 0 Å². The van der Waals surface area contributed by atoms with Gasteiger partial charge in [-0.05, 0) is 87.9 Å². The van der Waals surface area contributed by atoms with Crippen LogP contribution in [0.25, 0.3) is 0 Å². The molecule has 0 radical (unpaired) electrons. The zero-order valence-electron chi connectivity index (χ0n) is 28.7. The molecule has 0 aromatic rings. The molecule has 226 valence electrons. The molecule has 3 rings (SSSR count). The Kier molecular flexibility index (Phi) is 21.9. The number of rotatable bonds is 5. The summed E-state index contributed by atoms with van der Waals surface area (Å²) >= 11 is 0. The van der Waals surface area contributed by atoms with E-state index in [-0.39, 0.29) is 0 Å². The van der Waals surface area contributed by atoms with E-state index < -0.39 is 0 Å². The van der Waals surface area contributed by atoms with E-state index >= 15 is 0 Å². The molecule has 0 aromatic carbocycles. The number of hydrogen-bond acceptors (Lipinski definition) is 0. The van der Waals surface area contributed by atoms with Gasteiger partial charge in [0.1, 0.15) is 0 Å². The van der Waals surface area contributed by atoms with E-state index in [2.05, 4.69) is 95.2 Å². The first kappa shape index (κ1) is 37.5. The van der Waals surface area contributed by atoms with Crippen molar-refractivity contribution in [3.8, 4) is 0 Å². The first-order valence-electron chi connectivity index (χ1n) is 17.1. The second-order valence-corrected chi connectivity index (χ2v) is 14.7. The van der Waals surface area contributed by atoms with Crippen LogP contribution < -0.4 is 0 Å². The third-order valence-corrected chi connectivity index (χ3v) is 10.4. The lowest BCUT2D eigenvalue weighted by molar-refractivity contribution is 0.277. The van der Waals surface area contributed by atoms with Crippen molar-refractivity contribution in [1.29, 1.82) is 0 Å². The summed E-state index contributed by atoms with van der Waals surface area (Å²) in [5.41, 5.74) is 2.87. The van der Waals surface area contributed by atoms with Crippen LogP contribution in [0.3, 0.4) is 0 Å². The van der Waals surface area contributed by atoms with E-state index in [0.717, 1.165) is 47.3 Å². The molecule has 0 amide bonds. The summed E-state index contributed by atoms with van der Waals surface area (Å²) < 4.78 is 0. The minimum absolute atomic E-state index is 0.792. The van der Waals surface area contributed by atoms with Crippen LogP contribution in [0.5, 0.6) is 0 Å². The normalized spacial score (nSPS) is 30.4. The average Bonchev–Trinajstić information content (AvgIpc) is 2.87. The van der Waals surface area contributed by atoms with Crippen LogP contribution in [-0.2, 0) is 0 Å². The summed E-state index contributed by atoms with van der Waals surface area (Å²) in [6, 6.07) is 0. The Balaban J connectivity index is 0.000000496. The van der Waals surface area contributed by atoms with Crippen molar-refractivity contribution in [1.82, 2.24) is 0 Å². The van der Waals surface area contributed by atoms with Crippen molar-refractivity contribution in [2.75, 3.05) is 0 Å². The monoisotopic (exact) mass is 531 g/mol. The summed E-state index contributed by atoms with van der Waals surface area (Å²) in [7, 11) is 0. The molecule has 0 nitrogen and oxygen atoms in total. The molecule has 3 fully saturated rings. The van der Waals surface area contributed by atoms with Crippen molar-refractivity contribution in [2.45, 2.75) is 173 Å². The summed E-state index contributed by atoms with van der Waals surface area (Å²) in [5, 5.41) is 0. The Bertz CT molecular complexity index is 500. The molecule has 0 N–H and O–H groups in total. The van der Waals surface area contributed by atoms with Crippen molar-refractivity contribution < 1.29 is 0 Å². The minimum atomic E-state index is 0.792. The Hall–Kier alpha value is -0.520. The van der Waals surface area contributed by atoms with Crippen molar-refractivity contribution in [3.05, 3.63) is 23.3 Å². The van der Waals surface area contributed by atoms with E-state index in [9.17, 15) is 0 Å². The second-order valence-electron chi connectivity index (χ2n) is 14.7. The highest BCUT2D eigenvalue weighted by Gasteiger charge is 2.17. The predicted molar refractivity (Wildman–Crippen MR) is 177 cm³/mol. The van der Waals surface area contributed by atoms with Crippen molar-refractivity contribution >= 4 is 0 Å². The number of allylic oxidation sites excluding steroid dienone is 4. The maximum atomic E-state index is 2.38. The largest absolute Gasteiger partial charge is 0.0856 e. The third-order valence-electron chi connectivity index (χ3n) is 10.4. The zero-order chi connectivity index (χ0) is 29.1. The maximum Gasteiger partial charge on any atom is -0.0320 e. The van der Waals surface area contributed by atoms with Gasteiger partial charge in [0.15, 0.2) is 0 Å². The van der Waals surface area contributed by atoms with Crippen molar-refractivity contribution in [3.63, 3.8) is 0 Å². The molecule has 38 heavy (non-hydrogen) atoms. The Morgan fingerprint density at radius 1 is 0.447 bits per heavy atom. The van der Waals surface area contributed by atoms with Gasteiger partial charge in [-0.1, -0.05) is 156 Å². The van der Waals surface area contributed by atoms with E-state index in [4.69, 9.17) is 0 Å². The summed E-state index contributed by atoms with van der Waals surface area (Å²) in [4.78, 5) is 0. The van der Waals surface area contributed by atoms with Gasteiger partial charge in [0.2, 0.25) is 0 Å². The topological polar surface area (TPSA) is 0 Å². The van der Waals surface area contributed by atoms with Gasteiger partial charge in [-0.25, -0.2) is 0 Å². The summed E-state index contributed by atoms with van der Waals surface area (Å²) in [6.45, 7) is 27.7. The smallest absolute Gasteiger partial charge is 0.0320 e. The van der Waals surface area contributed by atoms with E-state index in [0.29, 0.717) is 0 Å². The third kappa shape index (κ3) is 19.5. The molecule has 0 aromatic heterocycles. The van der Waals surface area contributed by atoms with Gasteiger partial charge in [0.05, 0.1) is 0 Å². The zero-order valence-corrected chi connectivity index (χ0v) is 28.7. The molecule has 3 aliphatic carbocycles. The van der Waals surface area contributed by atoms with Gasteiger partial charge >= 0.3 is 0 Å². The van der Waals surface area contributed by atoms with Crippen molar-refractivity contribution in [2.24, 2.45) is 47.3 Å². The molecule has 8 atom stereocenters. The van der Waals surface area contributed by atoms with Crippen LogP contribution in [0.1, 0.15) is 173 Å². The highest BCUT2D eigenvalue weighted by molar-refractivity contribution is 4.96. The van der Waals surface area contributed by atoms with Crippen LogP contribution in [0.15, 0.2) is 23.3 Å². The van der Waals surface area contributed by atoms with Crippen LogP contribution >= 0.6 is 0 Å². The molecule has 0 heteroatoms. The quantitative estimate of drug-likeness (QED) is 0.310. The fourth-order valence-corrected chi connectivity index (χ4v) is 5.81. The van der Waals surface area contributed by atoms with Crippen LogP contribution in [-0.4, -0.2) is 0 Å². The van der Waals surface area contributed by atoms with Crippen LogP contribution in [0.4, 0.5) is 0 Å². The van der Waals surface area contributed by atoms with E-state index in [1.54, 1.807) is 0 Å². The van der Waals surface area contributed by atoms with Gasteiger partial charge in [-0.3, -0.25) is 0 Å². The molecule has 3 aliphatic rings. The SMILES string of the molecule is CC(C)=CCC(C)[C@@H](C)CC=C(C)C.CC1CCCCC1C.CC1CCCCC1C.CC1CCCC[C@@H]1C. The summed E-state index contributed by atoms with van der Waals surface area (Å²) in [6.07, 6.45) is 24.9. The first-order chi connectivity index (χ1) is 17.8. The molecular weight excluding hydrogens is 456 g/mol. The molecule has 0 saturated heterocycles. The Morgan fingerprint density at radius 3 is 0.763 bits per heavy atom. The first-order valence-corrected chi connectivity index (χ1v) is 17.1. The second kappa shape index (κ2) is 22.2. The molecule has 6 unspecified atom stereocenters. The maximum absolute atomic E-state index is 2.38. The average molecular weight is 531 g/mol.